The number of anilines is 1. The number of amides is 1. The molecule has 0 saturated carbocycles. The van der Waals surface area contributed by atoms with Gasteiger partial charge in [-0.25, -0.2) is 4.98 Å². The van der Waals surface area contributed by atoms with Crippen LogP contribution < -0.4 is 10.1 Å². The molecule has 17 heavy (non-hydrogen) atoms. The van der Waals surface area contributed by atoms with E-state index < -0.39 is 6.10 Å². The van der Waals surface area contributed by atoms with E-state index in [0.717, 1.165) is 11.3 Å². The van der Waals surface area contributed by atoms with Crippen molar-refractivity contribution in [1.29, 1.82) is 0 Å². The van der Waals surface area contributed by atoms with Crippen LogP contribution in [0.2, 0.25) is 0 Å². The Morgan fingerprint density at radius 3 is 3.12 bits per heavy atom. The van der Waals surface area contributed by atoms with Gasteiger partial charge in [0.2, 0.25) is 0 Å². The third-order valence-corrected chi connectivity index (χ3v) is 3.22. The molecule has 0 saturated heterocycles. The number of carbonyl (C=O) groups is 1. The van der Waals surface area contributed by atoms with Crippen LogP contribution >= 0.6 is 11.3 Å². The second kappa shape index (κ2) is 3.85. The number of nitrogens with one attached hydrogen (secondary N) is 1. The molecule has 0 aliphatic carbocycles. The standard InChI is InChI=1S/C12H10N2O2S/c1-7-12(15)14-9-4-8(2-3-11(9)16-7)10-5-17-6-13-10/h2-7H,1H3,(H,14,15). The minimum Gasteiger partial charge on any atom is -0.479 e. The maximum atomic E-state index is 11.5. The number of hydrogen-bond acceptors (Lipinski definition) is 4. The molecule has 86 valence electrons. The van der Waals surface area contributed by atoms with Gasteiger partial charge in [0, 0.05) is 10.9 Å². The zero-order valence-corrected chi connectivity index (χ0v) is 9.95. The van der Waals surface area contributed by atoms with Crippen LogP contribution in [0.1, 0.15) is 6.92 Å². The van der Waals surface area contributed by atoms with Crippen molar-refractivity contribution in [2.24, 2.45) is 0 Å². The van der Waals surface area contributed by atoms with Gasteiger partial charge >= 0.3 is 0 Å². The first kappa shape index (κ1) is 10.3. The molecule has 1 unspecified atom stereocenters. The maximum absolute atomic E-state index is 11.5. The van der Waals surface area contributed by atoms with Crippen molar-refractivity contribution in [2.75, 3.05) is 5.32 Å². The Bertz CT molecular complexity index is 566. The highest BCUT2D eigenvalue weighted by atomic mass is 32.1. The fourth-order valence-electron chi connectivity index (χ4n) is 1.72. The van der Waals surface area contributed by atoms with Gasteiger partial charge in [-0.05, 0) is 25.1 Å². The highest BCUT2D eigenvalue weighted by Crippen LogP contribution is 2.33. The van der Waals surface area contributed by atoms with Gasteiger partial charge in [0.15, 0.2) is 6.10 Å². The molecule has 1 aromatic heterocycles. The summed E-state index contributed by atoms with van der Waals surface area (Å²) < 4.78 is 5.49. The monoisotopic (exact) mass is 246 g/mol. The van der Waals surface area contributed by atoms with E-state index in [4.69, 9.17) is 4.74 Å². The van der Waals surface area contributed by atoms with Crippen LogP contribution in [0.15, 0.2) is 29.1 Å². The first-order valence-electron chi connectivity index (χ1n) is 5.24. The molecule has 3 rings (SSSR count). The van der Waals surface area contributed by atoms with E-state index in [0.29, 0.717) is 11.4 Å². The molecule has 5 heteroatoms. The average molecular weight is 246 g/mol. The summed E-state index contributed by atoms with van der Waals surface area (Å²) in [5.74, 6) is 0.587. The Morgan fingerprint density at radius 1 is 1.47 bits per heavy atom. The zero-order chi connectivity index (χ0) is 11.8. The van der Waals surface area contributed by atoms with Gasteiger partial charge in [-0.15, -0.1) is 11.3 Å². The molecule has 1 aromatic carbocycles. The van der Waals surface area contributed by atoms with Gasteiger partial charge < -0.3 is 10.1 Å². The number of benzene rings is 1. The van der Waals surface area contributed by atoms with E-state index in [1.807, 2.05) is 23.6 Å². The third-order valence-electron chi connectivity index (χ3n) is 2.64. The van der Waals surface area contributed by atoms with Crippen LogP contribution in [0, 0.1) is 0 Å². The largest absolute Gasteiger partial charge is 0.479 e. The molecule has 2 heterocycles. The Hall–Kier alpha value is -1.88. The van der Waals surface area contributed by atoms with E-state index in [-0.39, 0.29) is 5.91 Å². The molecule has 0 bridgehead atoms. The Kier molecular flexibility index (Phi) is 2.33. The molecule has 1 atom stereocenters. The summed E-state index contributed by atoms with van der Waals surface area (Å²) in [6.45, 7) is 1.73. The molecule has 1 aliphatic rings. The summed E-state index contributed by atoms with van der Waals surface area (Å²) >= 11 is 1.54. The Labute approximate surface area is 102 Å². The van der Waals surface area contributed by atoms with E-state index in [9.17, 15) is 4.79 Å². The number of aromatic nitrogens is 1. The Morgan fingerprint density at radius 2 is 2.35 bits per heavy atom. The molecule has 0 radical (unpaired) electrons. The highest BCUT2D eigenvalue weighted by Gasteiger charge is 2.23. The summed E-state index contributed by atoms with van der Waals surface area (Å²) in [6.07, 6.45) is -0.437. The van der Waals surface area contributed by atoms with E-state index in [2.05, 4.69) is 10.3 Å². The fourth-order valence-corrected chi connectivity index (χ4v) is 2.28. The highest BCUT2D eigenvalue weighted by molar-refractivity contribution is 7.07. The van der Waals surface area contributed by atoms with Gasteiger partial charge in [-0.3, -0.25) is 4.79 Å². The number of rotatable bonds is 1. The van der Waals surface area contributed by atoms with Crippen LogP contribution in [-0.4, -0.2) is 17.0 Å². The zero-order valence-electron chi connectivity index (χ0n) is 9.14. The summed E-state index contributed by atoms with van der Waals surface area (Å²) in [7, 11) is 0. The van der Waals surface area contributed by atoms with Crippen molar-refractivity contribution in [1.82, 2.24) is 4.98 Å². The van der Waals surface area contributed by atoms with E-state index in [1.54, 1.807) is 23.8 Å². The molecular weight excluding hydrogens is 236 g/mol. The van der Waals surface area contributed by atoms with Crippen molar-refractivity contribution in [3.8, 4) is 17.0 Å². The third kappa shape index (κ3) is 1.78. The van der Waals surface area contributed by atoms with Gasteiger partial charge in [0.05, 0.1) is 16.9 Å². The predicted octanol–water partition coefficient (Wildman–Crippen LogP) is 2.53. The van der Waals surface area contributed by atoms with Crippen molar-refractivity contribution in [3.63, 3.8) is 0 Å². The second-order valence-corrected chi connectivity index (χ2v) is 4.55. The second-order valence-electron chi connectivity index (χ2n) is 3.83. The fraction of sp³-hybridized carbons (Fsp3) is 0.167. The number of carbonyl (C=O) groups excluding carboxylic acids is 1. The molecule has 4 nitrogen and oxygen atoms in total. The molecule has 0 spiro atoms. The van der Waals surface area contributed by atoms with Gasteiger partial charge in [-0.1, -0.05) is 0 Å². The summed E-state index contributed by atoms with van der Waals surface area (Å²) in [5, 5.41) is 4.79. The van der Waals surface area contributed by atoms with Crippen LogP contribution in [0.25, 0.3) is 11.3 Å². The molecule has 0 fully saturated rings. The predicted molar refractivity (Wildman–Crippen MR) is 66.3 cm³/mol. The van der Waals surface area contributed by atoms with Crippen molar-refractivity contribution in [3.05, 3.63) is 29.1 Å². The first-order chi connectivity index (χ1) is 8.24. The van der Waals surface area contributed by atoms with Crippen LogP contribution in [-0.2, 0) is 4.79 Å². The van der Waals surface area contributed by atoms with Crippen molar-refractivity contribution in [2.45, 2.75) is 13.0 Å². The SMILES string of the molecule is CC1Oc2ccc(-c3cscn3)cc2NC1=O. The summed E-state index contributed by atoms with van der Waals surface area (Å²) in [6, 6.07) is 5.69. The summed E-state index contributed by atoms with van der Waals surface area (Å²) in [5.41, 5.74) is 4.37. The number of nitrogens with zero attached hydrogens (tertiary/aromatic N) is 1. The first-order valence-corrected chi connectivity index (χ1v) is 6.18. The lowest BCUT2D eigenvalue weighted by Crippen LogP contribution is -2.34. The van der Waals surface area contributed by atoms with Crippen LogP contribution in [0.4, 0.5) is 5.69 Å². The number of hydrogen-bond donors (Lipinski definition) is 1. The maximum Gasteiger partial charge on any atom is 0.265 e. The Balaban J connectivity index is 2.02. The van der Waals surface area contributed by atoms with Gasteiger partial charge in [0.25, 0.3) is 5.91 Å². The molecule has 1 aliphatic heterocycles. The van der Waals surface area contributed by atoms with Crippen molar-refractivity contribution < 1.29 is 9.53 Å². The minimum atomic E-state index is -0.437. The van der Waals surface area contributed by atoms with E-state index >= 15 is 0 Å². The van der Waals surface area contributed by atoms with Gasteiger partial charge in [-0.2, -0.15) is 0 Å². The molecule has 2 aromatic rings. The quantitative estimate of drug-likeness (QED) is 0.841. The molecule has 1 N–H and O–H groups in total. The molecule has 1 amide bonds. The number of thiazole rings is 1. The van der Waals surface area contributed by atoms with Crippen LogP contribution in [0.3, 0.4) is 0 Å². The lowest BCUT2D eigenvalue weighted by Gasteiger charge is -2.23. The molecular formula is C12H10N2O2S. The van der Waals surface area contributed by atoms with Crippen molar-refractivity contribution >= 4 is 22.9 Å². The smallest absolute Gasteiger partial charge is 0.265 e. The lowest BCUT2D eigenvalue weighted by molar-refractivity contribution is -0.122. The minimum absolute atomic E-state index is 0.118. The summed E-state index contributed by atoms with van der Waals surface area (Å²) in [4.78, 5) is 15.7. The topological polar surface area (TPSA) is 51.2 Å². The normalized spacial score (nSPS) is 18.2. The number of fused-ring (bicyclic) bond motifs is 1. The number of ether oxygens (including phenoxy) is 1. The van der Waals surface area contributed by atoms with E-state index in [1.165, 1.54) is 0 Å². The lowest BCUT2D eigenvalue weighted by atomic mass is 10.1. The average Bonchev–Trinajstić information content (AvgIpc) is 2.83. The van der Waals surface area contributed by atoms with Gasteiger partial charge in [0.1, 0.15) is 5.75 Å². The van der Waals surface area contributed by atoms with Crippen LogP contribution in [0.5, 0.6) is 5.75 Å².